The van der Waals surface area contributed by atoms with Crippen LogP contribution in [0.3, 0.4) is 0 Å². The van der Waals surface area contributed by atoms with Gasteiger partial charge in [0, 0.05) is 23.1 Å². The van der Waals surface area contributed by atoms with Gasteiger partial charge in [-0.2, -0.15) is 0 Å². The molecule has 1 saturated heterocycles. The van der Waals surface area contributed by atoms with Crippen LogP contribution in [-0.4, -0.2) is 52.1 Å². The van der Waals surface area contributed by atoms with E-state index in [0.29, 0.717) is 42.1 Å². The van der Waals surface area contributed by atoms with Crippen LogP contribution in [0.2, 0.25) is 10.0 Å². The molecular weight excluding hydrogens is 427 g/mol. The fourth-order valence-corrected chi connectivity index (χ4v) is 4.16. The molecule has 10 heteroatoms. The SMILES string of the molecule is O=C(COc1ccc(S(=O)(=O)Nc2cc(Cl)cc(Cl)c2)cc1)N1CCOCC1. The Morgan fingerprint density at radius 3 is 2.29 bits per heavy atom. The molecule has 28 heavy (non-hydrogen) atoms. The van der Waals surface area contributed by atoms with Gasteiger partial charge in [0.15, 0.2) is 6.61 Å². The first-order valence-electron chi connectivity index (χ1n) is 8.41. The molecule has 3 rings (SSSR count). The van der Waals surface area contributed by atoms with Crippen molar-refractivity contribution in [3.63, 3.8) is 0 Å². The molecule has 2 aromatic rings. The second-order valence-electron chi connectivity index (χ2n) is 6.02. The predicted molar refractivity (Wildman–Crippen MR) is 107 cm³/mol. The van der Waals surface area contributed by atoms with Crippen molar-refractivity contribution in [2.24, 2.45) is 0 Å². The summed E-state index contributed by atoms with van der Waals surface area (Å²) in [5.74, 6) is 0.255. The molecule has 150 valence electrons. The minimum absolute atomic E-state index is 0.0375. The van der Waals surface area contributed by atoms with E-state index in [1.54, 1.807) is 4.90 Å². The zero-order valence-electron chi connectivity index (χ0n) is 14.7. The Labute approximate surface area is 173 Å². The van der Waals surface area contributed by atoms with Crippen molar-refractivity contribution >= 4 is 44.8 Å². The van der Waals surface area contributed by atoms with Crippen LogP contribution in [0.15, 0.2) is 47.4 Å². The molecule has 0 unspecified atom stereocenters. The van der Waals surface area contributed by atoms with Gasteiger partial charge in [-0.1, -0.05) is 23.2 Å². The summed E-state index contributed by atoms with van der Waals surface area (Å²) >= 11 is 11.8. The molecule has 1 N–H and O–H groups in total. The van der Waals surface area contributed by atoms with E-state index in [1.165, 1.54) is 42.5 Å². The van der Waals surface area contributed by atoms with Crippen molar-refractivity contribution in [1.82, 2.24) is 4.90 Å². The fourth-order valence-electron chi connectivity index (χ4n) is 2.59. The molecule has 1 heterocycles. The number of nitrogens with one attached hydrogen (secondary N) is 1. The van der Waals surface area contributed by atoms with E-state index in [0.717, 1.165) is 0 Å². The number of nitrogens with zero attached hydrogens (tertiary/aromatic N) is 1. The average molecular weight is 445 g/mol. The maximum atomic E-state index is 12.5. The lowest BCUT2D eigenvalue weighted by molar-refractivity contribution is -0.137. The minimum atomic E-state index is -3.82. The first-order valence-corrected chi connectivity index (χ1v) is 10.6. The minimum Gasteiger partial charge on any atom is -0.484 e. The van der Waals surface area contributed by atoms with Gasteiger partial charge in [0.25, 0.3) is 15.9 Å². The molecule has 0 aromatic heterocycles. The number of hydrogen-bond donors (Lipinski definition) is 1. The molecule has 0 bridgehead atoms. The van der Waals surface area contributed by atoms with Crippen LogP contribution in [0.25, 0.3) is 0 Å². The number of morpholine rings is 1. The van der Waals surface area contributed by atoms with Crippen LogP contribution in [0.1, 0.15) is 0 Å². The second kappa shape index (κ2) is 9.00. The average Bonchev–Trinajstić information content (AvgIpc) is 2.66. The molecule has 0 atom stereocenters. The molecule has 7 nitrogen and oxygen atoms in total. The van der Waals surface area contributed by atoms with Gasteiger partial charge in [0.1, 0.15) is 5.75 Å². The van der Waals surface area contributed by atoms with Crippen LogP contribution in [0.5, 0.6) is 5.75 Å². The highest BCUT2D eigenvalue weighted by atomic mass is 35.5. The molecule has 0 spiro atoms. The van der Waals surface area contributed by atoms with E-state index >= 15 is 0 Å². The first-order chi connectivity index (χ1) is 13.3. The summed E-state index contributed by atoms with van der Waals surface area (Å²) in [6, 6.07) is 10.2. The molecule has 1 aliphatic rings. The Hall–Kier alpha value is -2.00. The normalized spacial score (nSPS) is 14.6. The topological polar surface area (TPSA) is 84.9 Å². The third-order valence-electron chi connectivity index (χ3n) is 3.97. The van der Waals surface area contributed by atoms with E-state index in [-0.39, 0.29) is 23.1 Å². The van der Waals surface area contributed by atoms with Crippen LogP contribution >= 0.6 is 23.2 Å². The summed E-state index contributed by atoms with van der Waals surface area (Å²) in [5, 5.41) is 0.637. The quantitative estimate of drug-likeness (QED) is 0.739. The van der Waals surface area contributed by atoms with Gasteiger partial charge in [0.2, 0.25) is 0 Å². The van der Waals surface area contributed by atoms with E-state index < -0.39 is 10.0 Å². The number of hydrogen-bond acceptors (Lipinski definition) is 5. The molecule has 0 radical (unpaired) electrons. The lowest BCUT2D eigenvalue weighted by atomic mass is 10.3. The smallest absolute Gasteiger partial charge is 0.261 e. The molecule has 0 saturated carbocycles. The number of halogens is 2. The van der Waals surface area contributed by atoms with Gasteiger partial charge in [-0.3, -0.25) is 9.52 Å². The van der Waals surface area contributed by atoms with Gasteiger partial charge in [-0.05, 0) is 42.5 Å². The van der Waals surface area contributed by atoms with Crippen molar-refractivity contribution < 1.29 is 22.7 Å². The van der Waals surface area contributed by atoms with Gasteiger partial charge in [-0.15, -0.1) is 0 Å². The molecular formula is C18H18Cl2N2O5S. The van der Waals surface area contributed by atoms with Crippen molar-refractivity contribution in [3.8, 4) is 5.75 Å². The number of benzene rings is 2. The van der Waals surface area contributed by atoms with Crippen LogP contribution in [0, 0.1) is 0 Å². The largest absolute Gasteiger partial charge is 0.484 e. The van der Waals surface area contributed by atoms with Crippen molar-refractivity contribution in [3.05, 3.63) is 52.5 Å². The summed E-state index contributed by atoms with van der Waals surface area (Å²) in [7, 11) is -3.82. The van der Waals surface area contributed by atoms with Gasteiger partial charge in [-0.25, -0.2) is 8.42 Å². The standard InChI is InChI=1S/C18H18Cl2N2O5S/c19-13-9-14(20)11-15(10-13)21-28(24,25)17-3-1-16(2-4-17)27-12-18(23)22-5-7-26-8-6-22/h1-4,9-11,21H,5-8,12H2. The van der Waals surface area contributed by atoms with Crippen LogP contribution < -0.4 is 9.46 Å². The number of ether oxygens (including phenoxy) is 2. The van der Waals surface area contributed by atoms with Crippen LogP contribution in [-0.2, 0) is 19.6 Å². The van der Waals surface area contributed by atoms with Crippen molar-refractivity contribution in [2.45, 2.75) is 4.90 Å². The molecule has 1 fully saturated rings. The van der Waals surface area contributed by atoms with Crippen molar-refractivity contribution in [2.75, 3.05) is 37.6 Å². The zero-order valence-corrected chi connectivity index (χ0v) is 17.1. The Morgan fingerprint density at radius 2 is 1.68 bits per heavy atom. The van der Waals surface area contributed by atoms with Crippen molar-refractivity contribution in [1.29, 1.82) is 0 Å². The summed E-state index contributed by atoms with van der Waals surface area (Å²) in [4.78, 5) is 13.8. The van der Waals surface area contributed by atoms with Gasteiger partial charge in [0.05, 0.1) is 23.8 Å². The Morgan fingerprint density at radius 1 is 1.07 bits per heavy atom. The lowest BCUT2D eigenvalue weighted by Gasteiger charge is -2.26. The number of carbonyl (C=O) groups is 1. The molecule has 0 aliphatic carbocycles. The Kier molecular flexibility index (Phi) is 6.66. The molecule has 2 aromatic carbocycles. The summed E-state index contributed by atoms with van der Waals surface area (Å²) in [6.07, 6.45) is 0. The third kappa shape index (κ3) is 5.51. The first kappa shape index (κ1) is 20.7. The van der Waals surface area contributed by atoms with Crippen LogP contribution in [0.4, 0.5) is 5.69 Å². The molecule has 1 amide bonds. The highest BCUT2D eigenvalue weighted by molar-refractivity contribution is 7.92. The van der Waals surface area contributed by atoms with Gasteiger partial charge >= 0.3 is 0 Å². The number of carbonyl (C=O) groups excluding carboxylic acids is 1. The number of amides is 1. The Bertz CT molecular complexity index is 925. The summed E-state index contributed by atoms with van der Waals surface area (Å²) < 4.78 is 38.1. The van der Waals surface area contributed by atoms with Gasteiger partial charge < -0.3 is 14.4 Å². The lowest BCUT2D eigenvalue weighted by Crippen LogP contribution is -2.42. The summed E-state index contributed by atoms with van der Waals surface area (Å²) in [5.41, 5.74) is 0.258. The molecule has 1 aliphatic heterocycles. The van der Waals surface area contributed by atoms with E-state index in [1.807, 2.05) is 0 Å². The second-order valence-corrected chi connectivity index (χ2v) is 8.57. The third-order valence-corrected chi connectivity index (χ3v) is 5.81. The maximum absolute atomic E-state index is 12.5. The monoisotopic (exact) mass is 444 g/mol. The number of sulfonamides is 1. The zero-order chi connectivity index (χ0) is 20.1. The number of rotatable bonds is 6. The Balaban J connectivity index is 1.61. The van der Waals surface area contributed by atoms with E-state index in [9.17, 15) is 13.2 Å². The maximum Gasteiger partial charge on any atom is 0.261 e. The highest BCUT2D eigenvalue weighted by Crippen LogP contribution is 2.25. The summed E-state index contributed by atoms with van der Waals surface area (Å²) in [6.45, 7) is 1.99. The predicted octanol–water partition coefficient (Wildman–Crippen LogP) is 3.03. The number of anilines is 1. The highest BCUT2D eigenvalue weighted by Gasteiger charge is 2.18. The van der Waals surface area contributed by atoms with E-state index in [4.69, 9.17) is 32.7 Å². The van der Waals surface area contributed by atoms with E-state index in [2.05, 4.69) is 4.72 Å². The fraction of sp³-hybridized carbons (Fsp3) is 0.278.